The molecule has 0 amide bonds. The van der Waals surface area contributed by atoms with Gasteiger partial charge in [-0.2, -0.15) is 0 Å². The molecule has 14 heteroatoms. The van der Waals surface area contributed by atoms with Gasteiger partial charge in [-0.05, 0) is 61.5 Å². The molecular formula is C34H36Cl6O8. The number of rotatable bonds is 12. The number of ether oxygens (including phenoxy) is 4. The van der Waals surface area contributed by atoms with E-state index < -0.39 is 46.5 Å². The summed E-state index contributed by atoms with van der Waals surface area (Å²) in [6, 6.07) is 2.28. The van der Waals surface area contributed by atoms with E-state index in [2.05, 4.69) is 13.8 Å². The standard InChI is InChI=1S/C34H36Cl6O8/c1-3-5-17-7-9-19(11-17)15-45-31(41)25-27(39)21(35)13-23(37)29(25)47-33(43)34(44)48-30-24(38)14-22(36)28(40)26(30)32(42)46-16-20-10-8-18(12-20)6-4-2/h13-14,17-20H,3-12,15-16H2,1-2H3. The highest BCUT2D eigenvalue weighted by Gasteiger charge is 2.34. The van der Waals surface area contributed by atoms with Gasteiger partial charge in [0.25, 0.3) is 0 Å². The molecule has 48 heavy (non-hydrogen) atoms. The Morgan fingerprint density at radius 2 is 0.938 bits per heavy atom. The first-order chi connectivity index (χ1) is 22.8. The summed E-state index contributed by atoms with van der Waals surface area (Å²) in [6.45, 7) is 4.49. The van der Waals surface area contributed by atoms with Crippen molar-refractivity contribution in [1.82, 2.24) is 0 Å². The van der Waals surface area contributed by atoms with Crippen LogP contribution >= 0.6 is 69.6 Å². The van der Waals surface area contributed by atoms with Crippen LogP contribution in [0.5, 0.6) is 11.5 Å². The summed E-state index contributed by atoms with van der Waals surface area (Å²) >= 11 is 37.6. The summed E-state index contributed by atoms with van der Waals surface area (Å²) in [4.78, 5) is 52.5. The Labute approximate surface area is 309 Å². The largest absolute Gasteiger partial charge is 0.462 e. The van der Waals surface area contributed by atoms with Gasteiger partial charge in [0.15, 0.2) is 11.5 Å². The van der Waals surface area contributed by atoms with E-state index in [1.165, 1.54) is 0 Å². The molecule has 0 aliphatic heterocycles. The molecule has 2 aromatic rings. The molecule has 4 atom stereocenters. The van der Waals surface area contributed by atoms with Gasteiger partial charge in [-0.15, -0.1) is 0 Å². The lowest BCUT2D eigenvalue weighted by Gasteiger charge is -2.17. The molecule has 4 rings (SSSR count). The SMILES string of the molecule is CCCC1CCC(COC(=O)c2c(Cl)c(Cl)cc(Cl)c2OC(=O)C(=O)Oc2c(Cl)cc(Cl)c(Cl)c2C(=O)OCC2CCC(CCC)C2)C1. The topological polar surface area (TPSA) is 105 Å². The summed E-state index contributed by atoms with van der Waals surface area (Å²) < 4.78 is 21.5. The Balaban J connectivity index is 1.49. The first-order valence-corrected chi connectivity index (χ1v) is 18.2. The van der Waals surface area contributed by atoms with Crippen LogP contribution in [0.4, 0.5) is 0 Å². The molecule has 0 radical (unpaired) electrons. The normalized spacial score (nSPS) is 20.4. The summed E-state index contributed by atoms with van der Waals surface area (Å²) in [6.07, 6.45) is 10.1. The number of halogens is 6. The van der Waals surface area contributed by atoms with Crippen LogP contribution in [0.1, 0.15) is 98.8 Å². The van der Waals surface area contributed by atoms with Crippen molar-refractivity contribution < 1.29 is 38.1 Å². The van der Waals surface area contributed by atoms with Gasteiger partial charge >= 0.3 is 23.9 Å². The second-order valence-corrected chi connectivity index (χ2v) is 14.7. The van der Waals surface area contributed by atoms with Crippen molar-refractivity contribution in [2.45, 2.75) is 78.1 Å². The summed E-state index contributed by atoms with van der Waals surface area (Å²) in [5, 5.41) is -1.40. The lowest BCUT2D eigenvalue weighted by Crippen LogP contribution is -2.27. The summed E-state index contributed by atoms with van der Waals surface area (Å²) in [5.74, 6) is -4.81. The van der Waals surface area contributed by atoms with Crippen molar-refractivity contribution >= 4 is 93.5 Å². The first-order valence-electron chi connectivity index (χ1n) is 16.0. The smallest absolute Gasteiger partial charge is 0.423 e. The van der Waals surface area contributed by atoms with Crippen LogP contribution in [0.3, 0.4) is 0 Å². The highest BCUT2D eigenvalue weighted by atomic mass is 35.5. The molecule has 262 valence electrons. The summed E-state index contributed by atoms with van der Waals surface area (Å²) in [7, 11) is 0. The minimum absolute atomic E-state index is 0.107. The second-order valence-electron chi connectivity index (χ2n) is 12.4. The number of carbonyl (C=O) groups excluding carboxylic acids is 4. The fourth-order valence-electron chi connectivity index (χ4n) is 6.52. The van der Waals surface area contributed by atoms with Crippen LogP contribution in [0.2, 0.25) is 30.1 Å². The molecule has 0 heterocycles. The third kappa shape index (κ3) is 9.64. The Bertz CT molecular complexity index is 1430. The van der Waals surface area contributed by atoms with E-state index in [0.29, 0.717) is 11.8 Å². The maximum atomic E-state index is 13.2. The Morgan fingerprint density at radius 1 is 0.583 bits per heavy atom. The van der Waals surface area contributed by atoms with Crippen LogP contribution in [-0.4, -0.2) is 37.1 Å². The molecule has 2 aromatic carbocycles. The van der Waals surface area contributed by atoms with Gasteiger partial charge < -0.3 is 18.9 Å². The van der Waals surface area contributed by atoms with Gasteiger partial charge in [0.2, 0.25) is 0 Å². The van der Waals surface area contributed by atoms with Crippen molar-refractivity contribution in [2.24, 2.45) is 23.7 Å². The second kappa shape index (κ2) is 17.8. The fourth-order valence-corrected chi connectivity index (χ4v) is 7.96. The van der Waals surface area contributed by atoms with E-state index in [-0.39, 0.29) is 55.2 Å². The predicted molar refractivity (Wildman–Crippen MR) is 186 cm³/mol. The molecule has 2 aliphatic rings. The Kier molecular flexibility index (Phi) is 14.4. The molecule has 2 aliphatic carbocycles. The predicted octanol–water partition coefficient (Wildman–Crippen LogP) is 10.9. The molecule has 0 N–H and O–H groups in total. The quantitative estimate of drug-likeness (QED) is 0.0907. The van der Waals surface area contributed by atoms with Gasteiger partial charge in [-0.1, -0.05) is 122 Å². The highest BCUT2D eigenvalue weighted by Crippen LogP contribution is 2.43. The first kappa shape index (κ1) is 38.9. The maximum Gasteiger partial charge on any atom is 0.423 e. The Morgan fingerprint density at radius 3 is 1.29 bits per heavy atom. The van der Waals surface area contributed by atoms with E-state index in [4.69, 9.17) is 88.6 Å². The third-order valence-corrected chi connectivity index (χ3v) is 10.9. The van der Waals surface area contributed by atoms with Crippen LogP contribution < -0.4 is 9.47 Å². The Hall–Kier alpha value is -1.94. The molecular weight excluding hydrogens is 749 g/mol. The highest BCUT2D eigenvalue weighted by molar-refractivity contribution is 6.47. The van der Waals surface area contributed by atoms with Crippen molar-refractivity contribution in [1.29, 1.82) is 0 Å². The molecule has 8 nitrogen and oxygen atoms in total. The fraction of sp³-hybridized carbons (Fsp3) is 0.529. The van der Waals surface area contributed by atoms with Crippen molar-refractivity contribution in [3.63, 3.8) is 0 Å². The van der Waals surface area contributed by atoms with Gasteiger partial charge in [0.05, 0.1) is 43.3 Å². The van der Waals surface area contributed by atoms with Crippen molar-refractivity contribution in [3.8, 4) is 11.5 Å². The lowest BCUT2D eigenvalue weighted by molar-refractivity contribution is -0.156. The monoisotopic (exact) mass is 782 g/mol. The molecule has 0 spiro atoms. The zero-order chi connectivity index (χ0) is 35.1. The van der Waals surface area contributed by atoms with E-state index in [1.807, 2.05) is 0 Å². The van der Waals surface area contributed by atoms with Gasteiger partial charge in [0.1, 0.15) is 11.1 Å². The number of carbonyl (C=O) groups is 4. The van der Waals surface area contributed by atoms with Crippen molar-refractivity contribution in [2.75, 3.05) is 13.2 Å². The van der Waals surface area contributed by atoms with Crippen LogP contribution in [-0.2, 0) is 19.1 Å². The van der Waals surface area contributed by atoms with E-state index in [0.717, 1.165) is 76.3 Å². The van der Waals surface area contributed by atoms with E-state index >= 15 is 0 Å². The average Bonchev–Trinajstić information content (AvgIpc) is 3.69. The third-order valence-electron chi connectivity index (χ3n) is 8.81. The molecule has 4 unspecified atom stereocenters. The van der Waals surface area contributed by atoms with Crippen LogP contribution in [0.15, 0.2) is 12.1 Å². The molecule has 2 saturated carbocycles. The minimum atomic E-state index is -1.63. The molecule has 0 saturated heterocycles. The minimum Gasteiger partial charge on any atom is -0.462 e. The van der Waals surface area contributed by atoms with Crippen LogP contribution in [0.25, 0.3) is 0 Å². The van der Waals surface area contributed by atoms with Gasteiger partial charge in [-0.25, -0.2) is 19.2 Å². The molecule has 0 aromatic heterocycles. The van der Waals surface area contributed by atoms with Gasteiger partial charge in [-0.3, -0.25) is 0 Å². The molecule has 2 fully saturated rings. The number of hydrogen-bond donors (Lipinski definition) is 0. The van der Waals surface area contributed by atoms with Crippen molar-refractivity contribution in [3.05, 3.63) is 53.4 Å². The summed E-state index contributed by atoms with van der Waals surface area (Å²) in [5.41, 5.74) is -0.883. The average molecular weight is 785 g/mol. The number of esters is 4. The zero-order valence-corrected chi connectivity index (χ0v) is 31.0. The molecule has 0 bridgehead atoms. The lowest BCUT2D eigenvalue weighted by atomic mass is 10.0. The number of hydrogen-bond acceptors (Lipinski definition) is 8. The zero-order valence-electron chi connectivity index (χ0n) is 26.5. The van der Waals surface area contributed by atoms with E-state index in [1.54, 1.807) is 0 Å². The van der Waals surface area contributed by atoms with E-state index in [9.17, 15) is 19.2 Å². The maximum absolute atomic E-state index is 13.2. The number of benzene rings is 2. The van der Waals surface area contributed by atoms with Gasteiger partial charge in [0, 0.05) is 0 Å². The van der Waals surface area contributed by atoms with Crippen LogP contribution in [0, 0.1) is 23.7 Å².